The Kier molecular flexibility index (Phi) is 7.32. The van der Waals surface area contributed by atoms with Crippen molar-refractivity contribution in [2.24, 2.45) is 17.0 Å². The lowest BCUT2D eigenvalue weighted by Gasteiger charge is -2.37. The number of aromatic nitrogens is 2. The van der Waals surface area contributed by atoms with E-state index in [2.05, 4.69) is 37.1 Å². The van der Waals surface area contributed by atoms with Gasteiger partial charge in [0.15, 0.2) is 0 Å². The molecule has 8 heteroatoms. The first-order valence-electron chi connectivity index (χ1n) is 11.4. The van der Waals surface area contributed by atoms with Gasteiger partial charge in [0, 0.05) is 49.4 Å². The molecule has 0 bridgehead atoms. The summed E-state index contributed by atoms with van der Waals surface area (Å²) >= 11 is 0. The standard InChI is InChI=1S/C24H32N6O2/c1-32-28-22(19-5-3-2-4-6-19)20-9-13-30(14-10-20)23(31)21-7-11-29(12-8-21)17-18-15-26-24(25)27-16-18/h2-6,15-16,20-21H,7-14,17H2,1H3,(H2,25,26,27)/b28-22+. The number of piperidine rings is 2. The van der Waals surface area contributed by atoms with E-state index in [-0.39, 0.29) is 5.92 Å². The Bertz CT molecular complexity index is 902. The first kappa shape index (κ1) is 22.2. The van der Waals surface area contributed by atoms with Crippen LogP contribution in [0, 0.1) is 11.8 Å². The number of oxime groups is 1. The minimum Gasteiger partial charge on any atom is -0.399 e. The van der Waals surface area contributed by atoms with Gasteiger partial charge in [0.05, 0.1) is 5.71 Å². The van der Waals surface area contributed by atoms with E-state index >= 15 is 0 Å². The molecule has 1 amide bonds. The summed E-state index contributed by atoms with van der Waals surface area (Å²) in [7, 11) is 1.59. The van der Waals surface area contributed by atoms with E-state index in [1.54, 1.807) is 19.5 Å². The fraction of sp³-hybridized carbons (Fsp3) is 0.500. The van der Waals surface area contributed by atoms with Gasteiger partial charge in [-0.25, -0.2) is 9.97 Å². The number of carbonyl (C=O) groups is 1. The highest BCUT2D eigenvalue weighted by Gasteiger charge is 2.32. The zero-order chi connectivity index (χ0) is 22.3. The zero-order valence-electron chi connectivity index (χ0n) is 18.7. The molecular formula is C24H32N6O2. The predicted octanol–water partition coefficient (Wildman–Crippen LogP) is 2.56. The van der Waals surface area contributed by atoms with Crippen LogP contribution in [0.5, 0.6) is 0 Å². The molecule has 2 fully saturated rings. The second kappa shape index (κ2) is 10.5. The maximum atomic E-state index is 13.1. The summed E-state index contributed by atoms with van der Waals surface area (Å²) in [5.74, 6) is 1.03. The summed E-state index contributed by atoms with van der Waals surface area (Å²) in [6.07, 6.45) is 7.18. The Morgan fingerprint density at radius 2 is 1.66 bits per heavy atom. The van der Waals surface area contributed by atoms with Gasteiger partial charge in [-0.15, -0.1) is 0 Å². The number of nitrogens with zero attached hydrogens (tertiary/aromatic N) is 5. The van der Waals surface area contributed by atoms with Crippen LogP contribution in [0.4, 0.5) is 5.95 Å². The monoisotopic (exact) mass is 436 g/mol. The van der Waals surface area contributed by atoms with Crippen LogP contribution in [0.1, 0.15) is 36.8 Å². The molecule has 1 aromatic heterocycles. The molecule has 0 saturated carbocycles. The van der Waals surface area contributed by atoms with E-state index in [4.69, 9.17) is 10.6 Å². The quantitative estimate of drug-likeness (QED) is 0.552. The average Bonchev–Trinajstić information content (AvgIpc) is 2.85. The summed E-state index contributed by atoms with van der Waals surface area (Å²) < 4.78 is 0. The van der Waals surface area contributed by atoms with Gasteiger partial charge >= 0.3 is 0 Å². The van der Waals surface area contributed by atoms with Crippen molar-refractivity contribution in [2.45, 2.75) is 32.2 Å². The van der Waals surface area contributed by atoms with E-state index in [0.29, 0.717) is 17.8 Å². The van der Waals surface area contributed by atoms with Crippen LogP contribution in [-0.2, 0) is 16.2 Å². The summed E-state index contributed by atoms with van der Waals surface area (Å²) in [6.45, 7) is 4.18. The number of hydrogen-bond acceptors (Lipinski definition) is 7. The van der Waals surface area contributed by atoms with Gasteiger partial charge in [-0.2, -0.15) is 0 Å². The number of nitrogens with two attached hydrogens (primary N) is 1. The number of anilines is 1. The fourth-order valence-electron chi connectivity index (χ4n) is 4.74. The predicted molar refractivity (Wildman–Crippen MR) is 124 cm³/mol. The van der Waals surface area contributed by atoms with Gasteiger partial charge in [-0.3, -0.25) is 9.69 Å². The first-order valence-corrected chi connectivity index (χ1v) is 11.4. The lowest BCUT2D eigenvalue weighted by atomic mass is 9.87. The molecule has 2 aromatic rings. The Labute approximate surface area is 189 Å². The second-order valence-corrected chi connectivity index (χ2v) is 8.62. The molecule has 0 aliphatic carbocycles. The smallest absolute Gasteiger partial charge is 0.225 e. The van der Waals surface area contributed by atoms with Gasteiger partial charge in [0.2, 0.25) is 11.9 Å². The topological polar surface area (TPSA) is 96.9 Å². The maximum absolute atomic E-state index is 13.1. The van der Waals surface area contributed by atoms with Gasteiger partial charge < -0.3 is 15.5 Å². The van der Waals surface area contributed by atoms with Crippen LogP contribution in [0.2, 0.25) is 0 Å². The lowest BCUT2D eigenvalue weighted by Crippen LogP contribution is -2.46. The number of amides is 1. The molecule has 3 heterocycles. The highest BCUT2D eigenvalue weighted by atomic mass is 16.6. The van der Waals surface area contributed by atoms with Gasteiger partial charge in [-0.05, 0) is 44.3 Å². The first-order chi connectivity index (χ1) is 15.6. The van der Waals surface area contributed by atoms with Crippen LogP contribution in [0.3, 0.4) is 0 Å². The zero-order valence-corrected chi connectivity index (χ0v) is 18.7. The molecule has 0 atom stereocenters. The normalized spacial score (nSPS) is 19.2. The second-order valence-electron chi connectivity index (χ2n) is 8.62. The Balaban J connectivity index is 1.26. The summed E-state index contributed by atoms with van der Waals surface area (Å²) in [5.41, 5.74) is 8.70. The molecule has 2 N–H and O–H groups in total. The van der Waals surface area contributed by atoms with E-state index < -0.39 is 0 Å². The molecule has 170 valence electrons. The van der Waals surface area contributed by atoms with Gasteiger partial charge in [0.1, 0.15) is 7.11 Å². The molecular weight excluding hydrogens is 404 g/mol. The van der Waals surface area contributed by atoms with Crippen molar-refractivity contribution >= 4 is 17.6 Å². The summed E-state index contributed by atoms with van der Waals surface area (Å²) in [6, 6.07) is 10.2. The van der Waals surface area contributed by atoms with E-state index in [0.717, 1.165) is 75.2 Å². The van der Waals surface area contributed by atoms with Crippen LogP contribution >= 0.6 is 0 Å². The van der Waals surface area contributed by atoms with Crippen molar-refractivity contribution in [3.05, 3.63) is 53.9 Å². The lowest BCUT2D eigenvalue weighted by molar-refractivity contribution is -0.138. The Morgan fingerprint density at radius 3 is 2.28 bits per heavy atom. The van der Waals surface area contributed by atoms with E-state index in [1.165, 1.54) is 0 Å². The molecule has 0 radical (unpaired) electrons. The molecule has 1 aromatic carbocycles. The minimum atomic E-state index is 0.117. The number of hydrogen-bond donors (Lipinski definition) is 1. The molecule has 2 aliphatic heterocycles. The summed E-state index contributed by atoms with van der Waals surface area (Å²) in [4.78, 5) is 30.8. The molecule has 2 saturated heterocycles. The van der Waals surface area contributed by atoms with Gasteiger partial charge in [-0.1, -0.05) is 35.5 Å². The number of rotatable bonds is 6. The van der Waals surface area contributed by atoms with Gasteiger partial charge in [0.25, 0.3) is 0 Å². The third-order valence-electron chi connectivity index (χ3n) is 6.52. The number of likely N-dealkylation sites (tertiary alicyclic amines) is 2. The fourth-order valence-corrected chi connectivity index (χ4v) is 4.74. The van der Waals surface area contributed by atoms with Crippen molar-refractivity contribution < 1.29 is 9.63 Å². The number of nitrogen functional groups attached to an aromatic ring is 1. The molecule has 8 nitrogen and oxygen atoms in total. The van der Waals surface area contributed by atoms with Crippen molar-refractivity contribution in [2.75, 3.05) is 39.0 Å². The Hall–Kier alpha value is -3.00. The third kappa shape index (κ3) is 5.43. The van der Waals surface area contributed by atoms with Crippen molar-refractivity contribution in [1.82, 2.24) is 19.8 Å². The van der Waals surface area contributed by atoms with E-state index in [1.807, 2.05) is 18.2 Å². The molecule has 0 unspecified atom stereocenters. The molecule has 0 spiro atoms. The molecule has 2 aliphatic rings. The van der Waals surface area contributed by atoms with Crippen molar-refractivity contribution in [3.8, 4) is 0 Å². The number of carbonyl (C=O) groups excluding carboxylic acids is 1. The highest BCUT2D eigenvalue weighted by Crippen LogP contribution is 2.27. The minimum absolute atomic E-state index is 0.117. The maximum Gasteiger partial charge on any atom is 0.225 e. The SMILES string of the molecule is CO/N=C(\c1ccccc1)C1CCN(C(=O)C2CCN(Cc3cnc(N)nc3)CC2)CC1. The average molecular weight is 437 g/mol. The van der Waals surface area contributed by atoms with Crippen molar-refractivity contribution in [1.29, 1.82) is 0 Å². The Morgan fingerprint density at radius 1 is 1.03 bits per heavy atom. The van der Waals surface area contributed by atoms with Crippen LogP contribution < -0.4 is 5.73 Å². The van der Waals surface area contributed by atoms with Crippen LogP contribution in [-0.4, -0.2) is 64.7 Å². The number of benzene rings is 1. The van der Waals surface area contributed by atoms with E-state index in [9.17, 15) is 4.79 Å². The molecule has 32 heavy (non-hydrogen) atoms. The summed E-state index contributed by atoms with van der Waals surface area (Å²) in [5, 5.41) is 4.32. The molecule has 4 rings (SSSR count). The van der Waals surface area contributed by atoms with Crippen LogP contribution in [0.15, 0.2) is 47.9 Å². The van der Waals surface area contributed by atoms with Crippen molar-refractivity contribution in [3.63, 3.8) is 0 Å². The largest absolute Gasteiger partial charge is 0.399 e. The highest BCUT2D eigenvalue weighted by molar-refractivity contribution is 6.02. The van der Waals surface area contributed by atoms with Crippen LogP contribution in [0.25, 0.3) is 0 Å². The third-order valence-corrected chi connectivity index (χ3v) is 6.52.